The molecule has 2 amide bonds. The average molecular weight is 311 g/mol. The van der Waals surface area contributed by atoms with Gasteiger partial charge in [0.2, 0.25) is 0 Å². The van der Waals surface area contributed by atoms with E-state index in [1.807, 2.05) is 0 Å². The summed E-state index contributed by atoms with van der Waals surface area (Å²) >= 11 is 0. The Balaban J connectivity index is 1.70. The first kappa shape index (κ1) is 15.0. The van der Waals surface area contributed by atoms with Crippen LogP contribution in [0.25, 0.3) is 0 Å². The second kappa shape index (κ2) is 6.08. The van der Waals surface area contributed by atoms with Crippen LogP contribution in [0.1, 0.15) is 51.0 Å². The molecule has 2 aromatic rings. The number of carbonyl (C=O) groups is 3. The van der Waals surface area contributed by atoms with Crippen molar-refractivity contribution in [2.75, 3.05) is 5.32 Å². The zero-order chi connectivity index (χ0) is 16.4. The fourth-order valence-corrected chi connectivity index (χ4v) is 2.16. The van der Waals surface area contributed by atoms with Gasteiger partial charge in [-0.3, -0.25) is 14.4 Å². The van der Waals surface area contributed by atoms with Gasteiger partial charge in [0.15, 0.2) is 5.78 Å². The Morgan fingerprint density at radius 2 is 1.87 bits per heavy atom. The maximum absolute atomic E-state index is 12.2. The van der Waals surface area contributed by atoms with E-state index in [-0.39, 0.29) is 23.6 Å². The second-order valence-corrected chi connectivity index (χ2v) is 5.64. The summed E-state index contributed by atoms with van der Waals surface area (Å²) in [5.74, 6) is -0.612. The molecule has 1 saturated carbocycles. The van der Waals surface area contributed by atoms with Crippen molar-refractivity contribution in [1.29, 1.82) is 0 Å². The SMILES string of the molecule is CC(=O)c1c[nH]c(C(=O)Nc2cccc(C(=O)NC3CC3)c2)c1. The molecule has 0 unspecified atom stereocenters. The summed E-state index contributed by atoms with van der Waals surface area (Å²) in [5, 5.41) is 5.62. The minimum Gasteiger partial charge on any atom is -0.356 e. The summed E-state index contributed by atoms with van der Waals surface area (Å²) in [6.45, 7) is 1.44. The molecule has 0 aliphatic heterocycles. The monoisotopic (exact) mass is 311 g/mol. The molecule has 0 bridgehead atoms. The molecule has 0 spiro atoms. The number of H-pyrrole nitrogens is 1. The highest BCUT2D eigenvalue weighted by Crippen LogP contribution is 2.20. The van der Waals surface area contributed by atoms with Crippen LogP contribution in [0.4, 0.5) is 5.69 Å². The van der Waals surface area contributed by atoms with Gasteiger partial charge in [-0.05, 0) is 44.0 Å². The van der Waals surface area contributed by atoms with Crippen molar-refractivity contribution in [3.63, 3.8) is 0 Å². The van der Waals surface area contributed by atoms with E-state index in [9.17, 15) is 14.4 Å². The van der Waals surface area contributed by atoms with Crippen LogP contribution in [0.2, 0.25) is 0 Å². The molecule has 6 heteroatoms. The van der Waals surface area contributed by atoms with Crippen LogP contribution < -0.4 is 10.6 Å². The molecule has 1 fully saturated rings. The summed E-state index contributed by atoms with van der Waals surface area (Å²) in [4.78, 5) is 38.2. The molecular weight excluding hydrogens is 294 g/mol. The van der Waals surface area contributed by atoms with Crippen molar-refractivity contribution in [2.45, 2.75) is 25.8 Å². The Kier molecular flexibility index (Phi) is 3.97. The first-order valence-corrected chi connectivity index (χ1v) is 7.44. The normalized spacial score (nSPS) is 13.4. The molecule has 1 aliphatic carbocycles. The van der Waals surface area contributed by atoms with E-state index in [2.05, 4.69) is 15.6 Å². The minimum absolute atomic E-state index is 0.112. The molecular formula is C17H17N3O3. The van der Waals surface area contributed by atoms with Crippen LogP contribution in [-0.4, -0.2) is 28.6 Å². The highest BCUT2D eigenvalue weighted by molar-refractivity contribution is 6.06. The first-order valence-electron chi connectivity index (χ1n) is 7.44. The number of amides is 2. The number of nitrogens with one attached hydrogen (secondary N) is 3. The maximum atomic E-state index is 12.2. The number of hydrogen-bond acceptors (Lipinski definition) is 3. The van der Waals surface area contributed by atoms with Gasteiger partial charge in [0.1, 0.15) is 5.69 Å². The van der Waals surface area contributed by atoms with Gasteiger partial charge < -0.3 is 15.6 Å². The van der Waals surface area contributed by atoms with E-state index in [0.29, 0.717) is 22.5 Å². The molecule has 1 aromatic carbocycles. The van der Waals surface area contributed by atoms with Crippen LogP contribution in [0, 0.1) is 0 Å². The van der Waals surface area contributed by atoms with E-state index < -0.39 is 0 Å². The number of aromatic nitrogens is 1. The minimum atomic E-state index is -0.364. The highest BCUT2D eigenvalue weighted by atomic mass is 16.2. The van der Waals surface area contributed by atoms with Gasteiger partial charge in [-0.15, -0.1) is 0 Å². The molecule has 0 saturated heterocycles. The number of hydrogen-bond donors (Lipinski definition) is 3. The summed E-state index contributed by atoms with van der Waals surface area (Å²) < 4.78 is 0. The molecule has 0 radical (unpaired) electrons. The van der Waals surface area contributed by atoms with Gasteiger partial charge in [-0.2, -0.15) is 0 Å². The van der Waals surface area contributed by atoms with Crippen molar-refractivity contribution in [2.24, 2.45) is 0 Å². The quantitative estimate of drug-likeness (QED) is 0.740. The molecule has 1 aromatic heterocycles. The third-order valence-corrected chi connectivity index (χ3v) is 3.63. The summed E-state index contributed by atoms with van der Waals surface area (Å²) in [6.07, 6.45) is 3.54. The van der Waals surface area contributed by atoms with Crippen molar-refractivity contribution in [3.8, 4) is 0 Å². The number of ketones is 1. The van der Waals surface area contributed by atoms with E-state index in [4.69, 9.17) is 0 Å². The summed E-state index contributed by atoms with van der Waals surface area (Å²) in [5.41, 5.74) is 1.78. The van der Waals surface area contributed by atoms with Crippen LogP contribution in [0.15, 0.2) is 36.5 Å². The topological polar surface area (TPSA) is 91.1 Å². The lowest BCUT2D eigenvalue weighted by atomic mass is 10.2. The van der Waals surface area contributed by atoms with Gasteiger partial charge >= 0.3 is 0 Å². The van der Waals surface area contributed by atoms with Gasteiger partial charge in [0, 0.05) is 29.1 Å². The fourth-order valence-electron chi connectivity index (χ4n) is 2.16. The van der Waals surface area contributed by atoms with Gasteiger partial charge in [-0.25, -0.2) is 0 Å². The third-order valence-electron chi connectivity index (χ3n) is 3.63. The molecule has 1 heterocycles. The zero-order valence-corrected chi connectivity index (χ0v) is 12.7. The Bertz CT molecular complexity index is 775. The second-order valence-electron chi connectivity index (χ2n) is 5.64. The summed E-state index contributed by atoms with van der Waals surface area (Å²) in [6, 6.07) is 8.54. The lowest BCUT2D eigenvalue weighted by molar-refractivity contribution is 0.0948. The standard InChI is InChI=1S/C17H17N3O3/c1-10(21)12-8-15(18-9-12)17(23)20-14-4-2-3-11(7-14)16(22)19-13-5-6-13/h2-4,7-9,13,18H,5-6H2,1H3,(H,19,22)(H,20,23). The summed E-state index contributed by atoms with van der Waals surface area (Å²) in [7, 11) is 0. The van der Waals surface area contributed by atoms with Gasteiger partial charge in [0.25, 0.3) is 11.8 Å². The number of benzene rings is 1. The van der Waals surface area contributed by atoms with Crippen molar-refractivity contribution in [3.05, 3.63) is 53.3 Å². The molecule has 0 atom stereocenters. The van der Waals surface area contributed by atoms with Gasteiger partial charge in [-0.1, -0.05) is 6.07 Å². The molecule has 118 valence electrons. The predicted octanol–water partition coefficient (Wildman–Crippen LogP) is 2.36. The van der Waals surface area contributed by atoms with E-state index in [1.54, 1.807) is 24.3 Å². The molecule has 23 heavy (non-hydrogen) atoms. The van der Waals surface area contributed by atoms with E-state index >= 15 is 0 Å². The molecule has 6 nitrogen and oxygen atoms in total. The fraction of sp³-hybridized carbons (Fsp3) is 0.235. The number of aromatic amines is 1. The lowest BCUT2D eigenvalue weighted by Crippen LogP contribution is -2.25. The smallest absolute Gasteiger partial charge is 0.272 e. The Morgan fingerprint density at radius 1 is 1.09 bits per heavy atom. The third kappa shape index (κ3) is 3.66. The largest absolute Gasteiger partial charge is 0.356 e. The average Bonchev–Trinajstić information content (AvgIpc) is 3.18. The molecule has 1 aliphatic rings. The maximum Gasteiger partial charge on any atom is 0.272 e. The van der Waals surface area contributed by atoms with Crippen LogP contribution in [-0.2, 0) is 0 Å². The van der Waals surface area contributed by atoms with Crippen LogP contribution >= 0.6 is 0 Å². The van der Waals surface area contributed by atoms with Crippen molar-refractivity contribution < 1.29 is 14.4 Å². The lowest BCUT2D eigenvalue weighted by Gasteiger charge is -2.07. The Hall–Kier alpha value is -2.89. The Morgan fingerprint density at radius 3 is 2.52 bits per heavy atom. The van der Waals surface area contributed by atoms with Crippen LogP contribution in [0.3, 0.4) is 0 Å². The van der Waals surface area contributed by atoms with E-state index in [0.717, 1.165) is 12.8 Å². The first-order chi connectivity index (χ1) is 11.0. The van der Waals surface area contributed by atoms with Crippen molar-refractivity contribution >= 4 is 23.3 Å². The predicted molar refractivity (Wildman–Crippen MR) is 85.7 cm³/mol. The number of carbonyl (C=O) groups excluding carboxylic acids is 3. The zero-order valence-electron chi connectivity index (χ0n) is 12.7. The van der Waals surface area contributed by atoms with Gasteiger partial charge in [0.05, 0.1) is 0 Å². The highest BCUT2D eigenvalue weighted by Gasteiger charge is 2.23. The number of anilines is 1. The Labute approximate surface area is 133 Å². The molecule has 3 N–H and O–H groups in total. The van der Waals surface area contributed by atoms with Crippen molar-refractivity contribution in [1.82, 2.24) is 10.3 Å². The number of rotatable bonds is 5. The van der Waals surface area contributed by atoms with E-state index in [1.165, 1.54) is 19.2 Å². The molecule has 3 rings (SSSR count). The van der Waals surface area contributed by atoms with Crippen LogP contribution in [0.5, 0.6) is 0 Å². The number of Topliss-reactive ketones (excluding diaryl/α,β-unsaturated/α-hetero) is 1.